The summed E-state index contributed by atoms with van der Waals surface area (Å²) < 4.78 is 5.52. The number of esters is 1. The fourth-order valence-electron chi connectivity index (χ4n) is 1.57. The topological polar surface area (TPSA) is 26.3 Å². The van der Waals surface area contributed by atoms with Crippen molar-refractivity contribution < 1.29 is 9.53 Å². The first-order valence-corrected chi connectivity index (χ1v) is 5.86. The van der Waals surface area contributed by atoms with E-state index in [1.54, 1.807) is 0 Å². The van der Waals surface area contributed by atoms with Crippen LogP contribution >= 0.6 is 0 Å². The summed E-state index contributed by atoms with van der Waals surface area (Å²) in [4.78, 5) is 11.7. The molecule has 0 saturated carbocycles. The number of ether oxygens (including phenoxy) is 1. The molecule has 1 aliphatic carbocycles. The molecule has 0 aromatic carbocycles. The summed E-state index contributed by atoms with van der Waals surface area (Å²) in [5, 5.41) is 0. The predicted octanol–water partition coefficient (Wildman–Crippen LogP) is 3.46. The van der Waals surface area contributed by atoms with Crippen LogP contribution in [0.15, 0.2) is 12.2 Å². The maximum Gasteiger partial charge on any atom is 0.311 e. The van der Waals surface area contributed by atoms with E-state index < -0.39 is 0 Å². The van der Waals surface area contributed by atoms with Gasteiger partial charge in [0.25, 0.3) is 0 Å². The molecule has 0 spiro atoms. The van der Waals surface area contributed by atoms with E-state index in [9.17, 15) is 4.79 Å². The number of allylic oxidation sites excluding steroid dienone is 2. The lowest BCUT2D eigenvalue weighted by Crippen LogP contribution is -2.28. The van der Waals surface area contributed by atoms with E-state index in [1.807, 2.05) is 20.8 Å². The first-order chi connectivity index (χ1) is 7.00. The van der Waals surface area contributed by atoms with Gasteiger partial charge in [0.1, 0.15) is 6.10 Å². The molecular weight excluding hydrogens is 188 g/mol. The fourth-order valence-corrected chi connectivity index (χ4v) is 1.57. The Morgan fingerprint density at radius 3 is 2.53 bits per heavy atom. The molecule has 0 fully saturated rings. The molecule has 1 rings (SSSR count). The van der Waals surface area contributed by atoms with Gasteiger partial charge in [0.15, 0.2) is 0 Å². The Labute approximate surface area is 92.7 Å². The Morgan fingerprint density at radius 1 is 1.20 bits per heavy atom. The van der Waals surface area contributed by atoms with Crippen molar-refractivity contribution in [2.45, 2.75) is 59.0 Å². The molecule has 0 aromatic heterocycles. The zero-order chi connectivity index (χ0) is 11.3. The first kappa shape index (κ1) is 12.3. The predicted molar refractivity (Wildman–Crippen MR) is 61.6 cm³/mol. The van der Waals surface area contributed by atoms with Crippen LogP contribution in [0.2, 0.25) is 0 Å². The van der Waals surface area contributed by atoms with Gasteiger partial charge in [-0.2, -0.15) is 0 Å². The second-order valence-corrected chi connectivity index (χ2v) is 5.26. The van der Waals surface area contributed by atoms with Gasteiger partial charge in [0, 0.05) is 0 Å². The summed E-state index contributed by atoms with van der Waals surface area (Å²) in [7, 11) is 0. The van der Waals surface area contributed by atoms with Gasteiger partial charge >= 0.3 is 5.97 Å². The second-order valence-electron chi connectivity index (χ2n) is 5.26. The summed E-state index contributed by atoms with van der Waals surface area (Å²) in [6.45, 7) is 5.70. The minimum atomic E-state index is -0.377. The van der Waals surface area contributed by atoms with Crippen molar-refractivity contribution >= 4 is 5.97 Å². The molecule has 0 bridgehead atoms. The lowest BCUT2D eigenvalue weighted by molar-refractivity contribution is -0.159. The molecule has 2 nitrogen and oxygen atoms in total. The van der Waals surface area contributed by atoms with Crippen LogP contribution in [0.1, 0.15) is 52.9 Å². The van der Waals surface area contributed by atoms with Crippen LogP contribution in [-0.2, 0) is 9.53 Å². The molecule has 0 aromatic rings. The van der Waals surface area contributed by atoms with E-state index in [1.165, 1.54) is 0 Å². The average Bonchev–Trinajstić information content (AvgIpc) is 2.07. The number of carbonyl (C=O) groups excluding carboxylic acids is 1. The summed E-state index contributed by atoms with van der Waals surface area (Å²) in [6.07, 6.45) is 9.79. The third kappa shape index (κ3) is 4.50. The highest BCUT2D eigenvalue weighted by Gasteiger charge is 2.26. The van der Waals surface area contributed by atoms with E-state index >= 15 is 0 Å². The molecular formula is C13H22O2. The summed E-state index contributed by atoms with van der Waals surface area (Å²) in [5.41, 5.74) is -0.377. The van der Waals surface area contributed by atoms with Crippen LogP contribution in [0, 0.1) is 5.41 Å². The highest BCUT2D eigenvalue weighted by Crippen LogP contribution is 2.21. The van der Waals surface area contributed by atoms with Gasteiger partial charge in [-0.1, -0.05) is 12.2 Å². The molecule has 0 aliphatic heterocycles. The molecule has 1 aliphatic rings. The fraction of sp³-hybridized carbons (Fsp3) is 0.769. The number of hydrogen-bond donors (Lipinski definition) is 0. The zero-order valence-corrected chi connectivity index (χ0v) is 10.1. The van der Waals surface area contributed by atoms with Crippen molar-refractivity contribution in [3.05, 3.63) is 12.2 Å². The van der Waals surface area contributed by atoms with Crippen LogP contribution in [0.5, 0.6) is 0 Å². The lowest BCUT2D eigenvalue weighted by Gasteiger charge is -2.23. The van der Waals surface area contributed by atoms with Crippen molar-refractivity contribution in [1.29, 1.82) is 0 Å². The van der Waals surface area contributed by atoms with Crippen molar-refractivity contribution in [3.63, 3.8) is 0 Å². The molecule has 1 unspecified atom stereocenters. The summed E-state index contributed by atoms with van der Waals surface area (Å²) in [5.74, 6) is -0.0722. The van der Waals surface area contributed by atoms with Crippen LogP contribution in [-0.4, -0.2) is 12.1 Å². The van der Waals surface area contributed by atoms with E-state index in [4.69, 9.17) is 4.74 Å². The Hall–Kier alpha value is -0.790. The van der Waals surface area contributed by atoms with E-state index in [2.05, 4.69) is 12.2 Å². The Kier molecular flexibility index (Phi) is 4.37. The standard InChI is InChI=1S/C13H22O2/c1-13(2,3)12(14)15-11-9-7-5-4-6-8-10-11/h4-5,11H,6-10H2,1-3H3/b5-4+. The minimum absolute atomic E-state index is 0.0722. The summed E-state index contributed by atoms with van der Waals surface area (Å²) in [6, 6.07) is 0. The van der Waals surface area contributed by atoms with E-state index in [0.717, 1.165) is 32.1 Å². The molecule has 0 amide bonds. The molecule has 0 saturated heterocycles. The highest BCUT2D eigenvalue weighted by molar-refractivity contribution is 5.75. The third-order valence-electron chi connectivity index (χ3n) is 2.60. The van der Waals surface area contributed by atoms with Crippen molar-refractivity contribution in [2.75, 3.05) is 0 Å². The largest absolute Gasteiger partial charge is 0.462 e. The minimum Gasteiger partial charge on any atom is -0.462 e. The number of hydrogen-bond acceptors (Lipinski definition) is 2. The molecule has 0 heterocycles. The Morgan fingerprint density at radius 2 is 1.87 bits per heavy atom. The monoisotopic (exact) mass is 210 g/mol. The molecule has 2 heteroatoms. The first-order valence-electron chi connectivity index (χ1n) is 5.86. The maximum absolute atomic E-state index is 11.7. The van der Waals surface area contributed by atoms with Gasteiger partial charge in [-0.05, 0) is 52.9 Å². The van der Waals surface area contributed by atoms with Crippen molar-refractivity contribution in [1.82, 2.24) is 0 Å². The molecule has 1 atom stereocenters. The Bertz CT molecular complexity index is 235. The number of rotatable bonds is 1. The third-order valence-corrected chi connectivity index (χ3v) is 2.60. The van der Waals surface area contributed by atoms with Crippen molar-refractivity contribution in [3.8, 4) is 0 Å². The average molecular weight is 210 g/mol. The zero-order valence-electron chi connectivity index (χ0n) is 10.1. The SMILES string of the molecule is CC(C)(C)C(=O)OC1CC/C=C/CCC1. The molecule has 0 radical (unpaired) electrons. The van der Waals surface area contributed by atoms with Crippen LogP contribution in [0.4, 0.5) is 0 Å². The molecule has 86 valence electrons. The molecule has 15 heavy (non-hydrogen) atoms. The van der Waals surface area contributed by atoms with Gasteiger partial charge in [-0.3, -0.25) is 4.79 Å². The van der Waals surface area contributed by atoms with Gasteiger partial charge in [-0.15, -0.1) is 0 Å². The molecule has 0 N–H and O–H groups in total. The van der Waals surface area contributed by atoms with Gasteiger partial charge in [0.05, 0.1) is 5.41 Å². The lowest BCUT2D eigenvalue weighted by atomic mass is 9.96. The highest BCUT2D eigenvalue weighted by atomic mass is 16.5. The van der Waals surface area contributed by atoms with Crippen LogP contribution in [0.3, 0.4) is 0 Å². The van der Waals surface area contributed by atoms with Gasteiger partial charge in [0.2, 0.25) is 0 Å². The normalized spacial score (nSPS) is 25.1. The maximum atomic E-state index is 11.7. The van der Waals surface area contributed by atoms with E-state index in [-0.39, 0.29) is 17.5 Å². The van der Waals surface area contributed by atoms with Gasteiger partial charge in [-0.25, -0.2) is 0 Å². The second kappa shape index (κ2) is 5.34. The summed E-state index contributed by atoms with van der Waals surface area (Å²) >= 11 is 0. The quantitative estimate of drug-likeness (QED) is 0.489. The van der Waals surface area contributed by atoms with Gasteiger partial charge < -0.3 is 4.74 Å². The van der Waals surface area contributed by atoms with E-state index in [0.29, 0.717) is 0 Å². The van der Waals surface area contributed by atoms with Crippen LogP contribution in [0.25, 0.3) is 0 Å². The number of carbonyl (C=O) groups is 1. The Balaban J connectivity index is 2.43. The van der Waals surface area contributed by atoms with Crippen molar-refractivity contribution in [2.24, 2.45) is 5.41 Å². The van der Waals surface area contributed by atoms with Crippen LogP contribution < -0.4 is 0 Å². The smallest absolute Gasteiger partial charge is 0.311 e.